The van der Waals surface area contributed by atoms with Gasteiger partial charge in [0.25, 0.3) is 0 Å². The highest BCUT2D eigenvalue weighted by Gasteiger charge is 2.12. The molecule has 1 fully saturated rings. The van der Waals surface area contributed by atoms with Crippen LogP contribution in [0.1, 0.15) is 5.56 Å². The first-order valence-corrected chi connectivity index (χ1v) is 4.87. The largest absolute Gasteiger partial charge is 0.506 e. The first-order chi connectivity index (χ1) is 7.31. The minimum atomic E-state index is 0.0430. The van der Waals surface area contributed by atoms with Crippen LogP contribution in [0.15, 0.2) is 18.2 Å². The van der Waals surface area contributed by atoms with E-state index in [4.69, 9.17) is 10.00 Å². The number of phenols is 1. The van der Waals surface area contributed by atoms with Crippen LogP contribution in [0.25, 0.3) is 0 Å². The summed E-state index contributed by atoms with van der Waals surface area (Å²) in [5.41, 5.74) is 1.25. The van der Waals surface area contributed by atoms with Gasteiger partial charge in [0, 0.05) is 24.8 Å². The average molecular weight is 204 g/mol. The highest BCUT2D eigenvalue weighted by molar-refractivity contribution is 5.56. The number of morpholine rings is 1. The number of ether oxygens (including phenoxy) is 1. The van der Waals surface area contributed by atoms with Gasteiger partial charge in [-0.05, 0) is 12.1 Å². The van der Waals surface area contributed by atoms with E-state index in [1.54, 1.807) is 12.1 Å². The predicted molar refractivity (Wildman–Crippen MR) is 55.9 cm³/mol. The third kappa shape index (κ3) is 2.03. The highest BCUT2D eigenvalue weighted by Crippen LogP contribution is 2.24. The van der Waals surface area contributed by atoms with Gasteiger partial charge in [-0.15, -0.1) is 0 Å². The van der Waals surface area contributed by atoms with Gasteiger partial charge in [0.1, 0.15) is 11.8 Å². The Morgan fingerprint density at radius 3 is 2.67 bits per heavy atom. The quantitative estimate of drug-likeness (QED) is 0.744. The summed E-state index contributed by atoms with van der Waals surface area (Å²) in [4.78, 5) is 2.13. The number of hydrogen-bond acceptors (Lipinski definition) is 4. The fraction of sp³-hybridized carbons (Fsp3) is 0.364. The van der Waals surface area contributed by atoms with Crippen LogP contribution in [-0.2, 0) is 4.74 Å². The molecule has 1 aromatic rings. The summed E-state index contributed by atoms with van der Waals surface area (Å²) in [5, 5.41) is 18.2. The van der Waals surface area contributed by atoms with E-state index < -0.39 is 0 Å². The molecule has 1 aliphatic heterocycles. The zero-order chi connectivity index (χ0) is 10.7. The van der Waals surface area contributed by atoms with Gasteiger partial charge < -0.3 is 14.7 Å². The molecule has 4 nitrogen and oxygen atoms in total. The number of nitrogens with zero attached hydrogens (tertiary/aromatic N) is 2. The van der Waals surface area contributed by atoms with Crippen LogP contribution in [0, 0.1) is 11.3 Å². The third-order valence-corrected chi connectivity index (χ3v) is 2.48. The molecule has 0 saturated carbocycles. The number of aromatic hydroxyl groups is 1. The minimum absolute atomic E-state index is 0.0430. The fourth-order valence-electron chi connectivity index (χ4n) is 1.63. The van der Waals surface area contributed by atoms with E-state index in [1.807, 2.05) is 12.1 Å². The number of rotatable bonds is 1. The molecule has 0 aliphatic carbocycles. The van der Waals surface area contributed by atoms with Crippen molar-refractivity contribution >= 4 is 5.69 Å². The van der Waals surface area contributed by atoms with E-state index in [0.717, 1.165) is 18.8 Å². The van der Waals surface area contributed by atoms with E-state index in [1.165, 1.54) is 0 Å². The molecule has 0 spiro atoms. The topological polar surface area (TPSA) is 56.5 Å². The van der Waals surface area contributed by atoms with Crippen LogP contribution in [-0.4, -0.2) is 31.4 Å². The molecule has 0 amide bonds. The van der Waals surface area contributed by atoms with E-state index in [0.29, 0.717) is 18.8 Å². The predicted octanol–water partition coefficient (Wildman–Crippen LogP) is 1.10. The Hall–Kier alpha value is -1.73. The number of benzene rings is 1. The standard InChI is InChI=1S/C11H12N2O2/c12-8-9-1-2-10(7-11(9)14)13-3-5-15-6-4-13/h1-2,7,14H,3-6H2. The molecule has 0 bridgehead atoms. The highest BCUT2D eigenvalue weighted by atomic mass is 16.5. The summed E-state index contributed by atoms with van der Waals surface area (Å²) in [6.07, 6.45) is 0. The molecule has 1 heterocycles. The summed E-state index contributed by atoms with van der Waals surface area (Å²) < 4.78 is 5.24. The van der Waals surface area contributed by atoms with Gasteiger partial charge in [0.15, 0.2) is 0 Å². The second kappa shape index (κ2) is 4.20. The zero-order valence-corrected chi connectivity index (χ0v) is 8.31. The number of hydrogen-bond donors (Lipinski definition) is 1. The lowest BCUT2D eigenvalue weighted by molar-refractivity contribution is 0.122. The maximum Gasteiger partial charge on any atom is 0.135 e. The molecule has 0 unspecified atom stereocenters. The minimum Gasteiger partial charge on any atom is -0.506 e. The summed E-state index contributed by atoms with van der Waals surface area (Å²) in [5.74, 6) is 0.0430. The van der Waals surface area contributed by atoms with Gasteiger partial charge in [-0.2, -0.15) is 5.26 Å². The molecule has 0 atom stereocenters. The van der Waals surface area contributed by atoms with Gasteiger partial charge in [0.2, 0.25) is 0 Å². The second-order valence-electron chi connectivity index (χ2n) is 3.41. The molecule has 78 valence electrons. The van der Waals surface area contributed by atoms with Crippen molar-refractivity contribution in [3.8, 4) is 11.8 Å². The van der Waals surface area contributed by atoms with Crippen LogP contribution in [0.2, 0.25) is 0 Å². The number of phenolic OH excluding ortho intramolecular Hbond substituents is 1. The van der Waals surface area contributed by atoms with E-state index in [9.17, 15) is 5.11 Å². The molecule has 1 aromatic carbocycles. The molecule has 0 aromatic heterocycles. The van der Waals surface area contributed by atoms with Gasteiger partial charge in [0.05, 0.1) is 18.8 Å². The third-order valence-electron chi connectivity index (χ3n) is 2.48. The lowest BCUT2D eigenvalue weighted by Crippen LogP contribution is -2.36. The fourth-order valence-corrected chi connectivity index (χ4v) is 1.63. The Morgan fingerprint density at radius 2 is 2.07 bits per heavy atom. The first kappa shape index (κ1) is 9.81. The summed E-state index contributed by atoms with van der Waals surface area (Å²) in [6, 6.07) is 7.05. The smallest absolute Gasteiger partial charge is 0.135 e. The van der Waals surface area contributed by atoms with Crippen molar-refractivity contribution in [3.05, 3.63) is 23.8 Å². The summed E-state index contributed by atoms with van der Waals surface area (Å²) in [7, 11) is 0. The second-order valence-corrected chi connectivity index (χ2v) is 3.41. The van der Waals surface area contributed by atoms with Crippen molar-refractivity contribution in [2.75, 3.05) is 31.2 Å². The van der Waals surface area contributed by atoms with E-state index >= 15 is 0 Å². The van der Waals surface area contributed by atoms with Crippen LogP contribution in [0.3, 0.4) is 0 Å². The molecule has 1 aliphatic rings. The summed E-state index contributed by atoms with van der Waals surface area (Å²) >= 11 is 0. The Bertz CT molecular complexity index is 392. The molecular weight excluding hydrogens is 192 g/mol. The maximum atomic E-state index is 9.54. The number of anilines is 1. The summed E-state index contributed by atoms with van der Waals surface area (Å²) in [6.45, 7) is 3.07. The maximum absolute atomic E-state index is 9.54. The Morgan fingerprint density at radius 1 is 1.33 bits per heavy atom. The van der Waals surface area contributed by atoms with Crippen molar-refractivity contribution < 1.29 is 9.84 Å². The van der Waals surface area contributed by atoms with E-state index in [-0.39, 0.29) is 5.75 Å². The molecule has 1 saturated heterocycles. The van der Waals surface area contributed by atoms with Crippen molar-refractivity contribution in [1.29, 1.82) is 5.26 Å². The van der Waals surface area contributed by atoms with Crippen molar-refractivity contribution in [2.45, 2.75) is 0 Å². The monoisotopic (exact) mass is 204 g/mol. The van der Waals surface area contributed by atoms with Crippen LogP contribution in [0.4, 0.5) is 5.69 Å². The lowest BCUT2D eigenvalue weighted by atomic mass is 10.2. The Balaban J connectivity index is 2.22. The number of nitriles is 1. The van der Waals surface area contributed by atoms with Crippen molar-refractivity contribution in [3.63, 3.8) is 0 Å². The van der Waals surface area contributed by atoms with Gasteiger partial charge >= 0.3 is 0 Å². The zero-order valence-electron chi connectivity index (χ0n) is 8.31. The normalized spacial score (nSPS) is 16.1. The Labute approximate surface area is 88.3 Å². The molecule has 1 N–H and O–H groups in total. The molecule has 0 radical (unpaired) electrons. The van der Waals surface area contributed by atoms with Gasteiger partial charge in [-0.25, -0.2) is 0 Å². The SMILES string of the molecule is N#Cc1ccc(N2CCOCC2)cc1O. The average Bonchev–Trinajstić information content (AvgIpc) is 2.30. The molecule has 4 heteroatoms. The molecule has 2 rings (SSSR count). The van der Waals surface area contributed by atoms with Crippen LogP contribution in [0.5, 0.6) is 5.75 Å². The van der Waals surface area contributed by atoms with Crippen LogP contribution < -0.4 is 4.90 Å². The Kier molecular flexibility index (Phi) is 2.75. The van der Waals surface area contributed by atoms with Gasteiger partial charge in [-0.1, -0.05) is 0 Å². The lowest BCUT2D eigenvalue weighted by Gasteiger charge is -2.28. The van der Waals surface area contributed by atoms with Crippen molar-refractivity contribution in [2.24, 2.45) is 0 Å². The first-order valence-electron chi connectivity index (χ1n) is 4.87. The van der Waals surface area contributed by atoms with Crippen molar-refractivity contribution in [1.82, 2.24) is 0 Å². The van der Waals surface area contributed by atoms with Gasteiger partial charge in [-0.3, -0.25) is 0 Å². The van der Waals surface area contributed by atoms with Crippen LogP contribution >= 0.6 is 0 Å². The molecule has 15 heavy (non-hydrogen) atoms. The molecular formula is C11H12N2O2. The van der Waals surface area contributed by atoms with E-state index in [2.05, 4.69) is 4.90 Å².